The first kappa shape index (κ1) is 22.9. The van der Waals surface area contributed by atoms with Crippen molar-refractivity contribution in [1.29, 1.82) is 0 Å². The lowest BCUT2D eigenvalue weighted by atomic mass is 10.0. The summed E-state index contributed by atoms with van der Waals surface area (Å²) in [5.74, 6) is 0.306. The number of carbonyl (C=O) groups is 1. The van der Waals surface area contributed by atoms with E-state index in [-0.39, 0.29) is 11.6 Å². The Morgan fingerprint density at radius 1 is 1.00 bits per heavy atom. The van der Waals surface area contributed by atoms with E-state index in [2.05, 4.69) is 15.3 Å². The van der Waals surface area contributed by atoms with Crippen molar-refractivity contribution in [2.24, 2.45) is 0 Å². The molecule has 0 fully saturated rings. The quantitative estimate of drug-likeness (QED) is 0.411. The predicted octanol–water partition coefficient (Wildman–Crippen LogP) is 2.76. The number of nitrogens with zero attached hydrogens (tertiary/aromatic N) is 5. The molecule has 4 aromatic rings. The Labute approximate surface area is 196 Å². The summed E-state index contributed by atoms with van der Waals surface area (Å²) in [5, 5.41) is 13.4. The molecule has 34 heavy (non-hydrogen) atoms. The summed E-state index contributed by atoms with van der Waals surface area (Å²) in [6, 6.07) is 18.7. The van der Waals surface area contributed by atoms with Crippen LogP contribution >= 0.6 is 0 Å². The lowest BCUT2D eigenvalue weighted by molar-refractivity contribution is 0.0951. The fourth-order valence-electron chi connectivity index (χ4n) is 3.59. The van der Waals surface area contributed by atoms with E-state index < -0.39 is 5.69 Å². The molecule has 1 amide bonds. The maximum atomic E-state index is 12.3. The van der Waals surface area contributed by atoms with Crippen molar-refractivity contribution in [2.75, 3.05) is 39.1 Å². The second-order valence-electron chi connectivity index (χ2n) is 8.15. The van der Waals surface area contributed by atoms with Crippen LogP contribution in [0.25, 0.3) is 22.2 Å². The number of rotatable bonds is 7. The maximum absolute atomic E-state index is 12.3. The third-order valence-corrected chi connectivity index (χ3v) is 5.51. The maximum Gasteiger partial charge on any atom is 0.384 e. The van der Waals surface area contributed by atoms with Gasteiger partial charge in [0.2, 0.25) is 0 Å². The largest absolute Gasteiger partial charge is 0.422 e. The van der Waals surface area contributed by atoms with E-state index in [1.165, 1.54) is 6.20 Å². The van der Waals surface area contributed by atoms with E-state index in [0.29, 0.717) is 28.0 Å². The molecule has 2 aromatic heterocycles. The monoisotopic (exact) mass is 458 g/mol. The molecule has 0 aliphatic carbocycles. The SMILES string of the molecule is CN(C)CCNC(=O)c1ccc(-c2ccc(N(C)c3nc(=O)n(O)c4ncccc34)cc2)cc1. The van der Waals surface area contributed by atoms with Crippen LogP contribution in [0.1, 0.15) is 10.4 Å². The van der Waals surface area contributed by atoms with Crippen molar-refractivity contribution in [1.82, 2.24) is 24.9 Å². The predicted molar refractivity (Wildman–Crippen MR) is 132 cm³/mol. The first-order valence-electron chi connectivity index (χ1n) is 10.8. The van der Waals surface area contributed by atoms with Crippen molar-refractivity contribution in [3.8, 4) is 11.1 Å². The van der Waals surface area contributed by atoms with Gasteiger partial charge in [0.1, 0.15) is 5.82 Å². The smallest absolute Gasteiger partial charge is 0.384 e. The second-order valence-corrected chi connectivity index (χ2v) is 8.15. The summed E-state index contributed by atoms with van der Waals surface area (Å²) in [4.78, 5) is 36.3. The zero-order chi connectivity index (χ0) is 24.2. The highest BCUT2D eigenvalue weighted by Crippen LogP contribution is 2.29. The molecule has 0 radical (unpaired) electrons. The number of anilines is 2. The molecule has 9 heteroatoms. The van der Waals surface area contributed by atoms with Crippen LogP contribution in [-0.2, 0) is 0 Å². The Balaban J connectivity index is 1.53. The topological polar surface area (TPSA) is 104 Å². The molecule has 0 saturated carbocycles. The number of amides is 1. The molecule has 0 aliphatic heterocycles. The Hall–Kier alpha value is -4.24. The van der Waals surface area contributed by atoms with E-state index in [1.54, 1.807) is 24.1 Å². The molecule has 0 atom stereocenters. The highest BCUT2D eigenvalue weighted by molar-refractivity contribution is 5.94. The van der Waals surface area contributed by atoms with Gasteiger partial charge in [0.15, 0.2) is 5.65 Å². The molecule has 0 aliphatic rings. The minimum atomic E-state index is -0.796. The lowest BCUT2D eigenvalue weighted by Gasteiger charge is -2.20. The molecule has 0 spiro atoms. The Morgan fingerprint density at radius 3 is 2.29 bits per heavy atom. The van der Waals surface area contributed by atoms with Gasteiger partial charge in [0.05, 0.1) is 5.39 Å². The first-order chi connectivity index (χ1) is 16.3. The fourth-order valence-corrected chi connectivity index (χ4v) is 3.59. The molecule has 4 rings (SSSR count). The molecule has 9 nitrogen and oxygen atoms in total. The highest BCUT2D eigenvalue weighted by Gasteiger charge is 2.15. The molecule has 174 valence electrons. The summed E-state index contributed by atoms with van der Waals surface area (Å²) < 4.78 is 0.446. The minimum Gasteiger partial charge on any atom is -0.422 e. The first-order valence-corrected chi connectivity index (χ1v) is 10.8. The van der Waals surface area contributed by atoms with Gasteiger partial charge < -0.3 is 20.3 Å². The summed E-state index contributed by atoms with van der Waals surface area (Å²) in [6.07, 6.45) is 1.51. The van der Waals surface area contributed by atoms with Crippen molar-refractivity contribution in [3.63, 3.8) is 0 Å². The Morgan fingerprint density at radius 2 is 1.65 bits per heavy atom. The van der Waals surface area contributed by atoms with E-state index in [1.807, 2.05) is 67.5 Å². The van der Waals surface area contributed by atoms with Crippen LogP contribution in [0.5, 0.6) is 0 Å². The zero-order valence-corrected chi connectivity index (χ0v) is 19.3. The standard InChI is InChI=1S/C25H26N6O3/c1-29(2)16-15-27-24(32)19-8-6-17(7-9-19)18-10-12-20(13-11-18)30(3)23-21-5-4-14-26-22(21)31(34)25(33)28-23/h4-14,34H,15-16H2,1-3H3,(H,27,32). The van der Waals surface area contributed by atoms with Gasteiger partial charge in [-0.2, -0.15) is 4.98 Å². The Bertz CT molecular complexity index is 1360. The second kappa shape index (κ2) is 9.72. The summed E-state index contributed by atoms with van der Waals surface area (Å²) in [7, 11) is 5.73. The van der Waals surface area contributed by atoms with Crippen molar-refractivity contribution in [3.05, 3.63) is 82.9 Å². The summed E-state index contributed by atoms with van der Waals surface area (Å²) in [5.41, 5.74) is 2.75. The number of aromatic nitrogens is 3. The molecule has 0 saturated heterocycles. The number of fused-ring (bicyclic) bond motifs is 1. The average Bonchev–Trinajstić information content (AvgIpc) is 2.86. The minimum absolute atomic E-state index is 0.0932. The van der Waals surface area contributed by atoms with Crippen molar-refractivity contribution < 1.29 is 10.0 Å². The van der Waals surface area contributed by atoms with E-state index in [0.717, 1.165) is 23.4 Å². The molecule has 2 heterocycles. The van der Waals surface area contributed by atoms with Gasteiger partial charge in [0.25, 0.3) is 5.91 Å². The number of hydrogen-bond acceptors (Lipinski definition) is 7. The number of likely N-dealkylation sites (N-methyl/N-ethyl adjacent to an activating group) is 1. The van der Waals surface area contributed by atoms with Gasteiger partial charge in [-0.25, -0.2) is 9.78 Å². The van der Waals surface area contributed by atoms with Crippen LogP contribution in [0, 0.1) is 0 Å². The molecule has 2 aromatic carbocycles. The molecular weight excluding hydrogens is 432 g/mol. The number of benzene rings is 2. The number of pyridine rings is 1. The van der Waals surface area contributed by atoms with E-state index in [9.17, 15) is 14.8 Å². The fraction of sp³-hybridized carbons (Fsp3) is 0.200. The normalized spacial score (nSPS) is 11.1. The van der Waals surface area contributed by atoms with Crippen LogP contribution in [0.3, 0.4) is 0 Å². The zero-order valence-electron chi connectivity index (χ0n) is 19.3. The van der Waals surface area contributed by atoms with Gasteiger partial charge in [-0.05, 0) is 61.6 Å². The van der Waals surface area contributed by atoms with Gasteiger partial charge >= 0.3 is 5.69 Å². The van der Waals surface area contributed by atoms with Gasteiger partial charge in [-0.1, -0.05) is 24.3 Å². The molecule has 0 bridgehead atoms. The van der Waals surface area contributed by atoms with E-state index >= 15 is 0 Å². The van der Waals surface area contributed by atoms with Crippen molar-refractivity contribution >= 4 is 28.4 Å². The number of carbonyl (C=O) groups excluding carboxylic acids is 1. The van der Waals surface area contributed by atoms with Crippen LogP contribution < -0.4 is 15.9 Å². The average molecular weight is 459 g/mol. The van der Waals surface area contributed by atoms with Crippen LogP contribution in [0.4, 0.5) is 11.5 Å². The van der Waals surface area contributed by atoms with Crippen molar-refractivity contribution in [2.45, 2.75) is 0 Å². The lowest BCUT2D eigenvalue weighted by Crippen LogP contribution is -2.31. The molecule has 2 N–H and O–H groups in total. The highest BCUT2D eigenvalue weighted by atomic mass is 16.5. The molecule has 0 unspecified atom stereocenters. The van der Waals surface area contributed by atoms with E-state index in [4.69, 9.17) is 0 Å². The number of hydrogen-bond donors (Lipinski definition) is 2. The van der Waals surface area contributed by atoms with Gasteiger partial charge in [-0.3, -0.25) is 4.79 Å². The van der Waals surface area contributed by atoms with Crippen LogP contribution in [-0.4, -0.2) is 64.9 Å². The van der Waals surface area contributed by atoms with Gasteiger partial charge in [-0.15, -0.1) is 4.73 Å². The van der Waals surface area contributed by atoms with Crippen LogP contribution in [0.2, 0.25) is 0 Å². The van der Waals surface area contributed by atoms with Crippen LogP contribution in [0.15, 0.2) is 71.7 Å². The Kier molecular flexibility index (Phi) is 6.55. The number of nitrogens with one attached hydrogen (secondary N) is 1. The third-order valence-electron chi connectivity index (χ3n) is 5.51. The molecular formula is C25H26N6O3. The third kappa shape index (κ3) is 4.74. The summed E-state index contributed by atoms with van der Waals surface area (Å²) in [6.45, 7) is 1.38. The summed E-state index contributed by atoms with van der Waals surface area (Å²) >= 11 is 0. The van der Waals surface area contributed by atoms with Gasteiger partial charge in [0, 0.05) is 37.6 Å².